The van der Waals surface area contributed by atoms with Crippen LogP contribution in [0.25, 0.3) is 0 Å². The average Bonchev–Trinajstić information content (AvgIpc) is 3.77. The second-order valence-electron chi connectivity index (χ2n) is 10.3. The maximum atomic E-state index is 14.0. The van der Waals surface area contributed by atoms with E-state index in [1.807, 2.05) is 60.7 Å². The van der Waals surface area contributed by atoms with Gasteiger partial charge < -0.3 is 15.7 Å². The van der Waals surface area contributed by atoms with Gasteiger partial charge in [0.1, 0.15) is 12.7 Å². The topological polar surface area (TPSA) is 157 Å². The van der Waals surface area contributed by atoms with Crippen molar-refractivity contribution in [2.75, 3.05) is 10.6 Å². The minimum absolute atomic E-state index is 0.0428. The summed E-state index contributed by atoms with van der Waals surface area (Å²) >= 11 is 14.6. The highest BCUT2D eigenvalue weighted by molar-refractivity contribution is 9.10. The quantitative estimate of drug-likeness (QED) is 0.130. The molecule has 2 aromatic heterocycles. The third-order valence-electron chi connectivity index (χ3n) is 6.62. The van der Waals surface area contributed by atoms with Crippen LogP contribution in [0.1, 0.15) is 42.7 Å². The molecular formula is C33H23BrCl2F2N8O4. The maximum absolute atomic E-state index is 14.0. The summed E-state index contributed by atoms with van der Waals surface area (Å²) in [4.78, 5) is 43.3. The molecule has 0 atom stereocenters. The zero-order chi connectivity index (χ0) is 35.8. The van der Waals surface area contributed by atoms with Crippen LogP contribution in [0.3, 0.4) is 0 Å². The van der Waals surface area contributed by atoms with Gasteiger partial charge >= 0.3 is 5.97 Å². The first-order valence-electron chi connectivity index (χ1n) is 14.3. The largest absolute Gasteiger partial charge is 0.478 e. The molecule has 2 heterocycles. The summed E-state index contributed by atoms with van der Waals surface area (Å²) in [5, 5.41) is 21.3. The molecule has 6 aromatic rings. The first-order chi connectivity index (χ1) is 24.0. The standard InChI is InChI=1S/C17H12ClFN4O3.C16H11BrClFN4O/c18-12-6-11(17(25)26)7-13(14(12)19)21-16(24)15-20-9-23(22-15)8-10-4-2-1-3-5-10;17-11-6-12(18)14(19)13(7-11)21-16(24)15-20-9-23(22-15)8-10-4-2-1-3-5-10/h1-7,9H,8H2,(H,21,24)(H,25,26);1-7,9H,8H2,(H,21,24). The summed E-state index contributed by atoms with van der Waals surface area (Å²) in [6.07, 6.45) is 2.82. The van der Waals surface area contributed by atoms with Gasteiger partial charge in [0.15, 0.2) is 11.6 Å². The van der Waals surface area contributed by atoms with Gasteiger partial charge in [-0.25, -0.2) is 32.9 Å². The minimum Gasteiger partial charge on any atom is -0.478 e. The number of carbonyl (C=O) groups excluding carboxylic acids is 2. The molecule has 0 fully saturated rings. The van der Waals surface area contributed by atoms with Crippen LogP contribution >= 0.6 is 39.1 Å². The number of carbonyl (C=O) groups is 3. The average molecular weight is 784 g/mol. The molecule has 0 unspecified atom stereocenters. The van der Waals surface area contributed by atoms with Gasteiger partial charge in [0.05, 0.1) is 40.1 Å². The van der Waals surface area contributed by atoms with Gasteiger partial charge in [-0.05, 0) is 35.4 Å². The number of benzene rings is 4. The van der Waals surface area contributed by atoms with E-state index in [2.05, 4.69) is 46.7 Å². The highest BCUT2D eigenvalue weighted by Crippen LogP contribution is 2.28. The molecule has 6 rings (SSSR count). The number of halogens is 5. The van der Waals surface area contributed by atoms with Crippen LogP contribution in [-0.2, 0) is 13.1 Å². The number of aromatic carboxylic acids is 1. The third kappa shape index (κ3) is 9.34. The highest BCUT2D eigenvalue weighted by Gasteiger charge is 2.19. The number of hydrogen-bond acceptors (Lipinski definition) is 7. The minimum atomic E-state index is -1.30. The molecule has 0 aliphatic heterocycles. The SMILES string of the molecule is O=C(Nc1cc(Br)cc(Cl)c1F)c1ncn(Cc2ccccc2)n1.O=C(O)c1cc(Cl)c(F)c(NC(=O)c2ncn(Cc3ccccc3)n2)c1. The number of nitrogens with zero attached hydrogens (tertiary/aromatic N) is 6. The van der Waals surface area contributed by atoms with Crippen LogP contribution < -0.4 is 10.6 Å². The first kappa shape index (κ1) is 35.8. The molecule has 0 saturated heterocycles. The second kappa shape index (κ2) is 16.3. The van der Waals surface area contributed by atoms with Crippen molar-refractivity contribution >= 4 is 68.3 Å². The Morgan fingerprint density at radius 3 is 1.60 bits per heavy atom. The Bertz CT molecular complexity index is 2170. The lowest BCUT2D eigenvalue weighted by atomic mass is 10.2. The number of rotatable bonds is 9. The van der Waals surface area contributed by atoms with Gasteiger partial charge in [-0.15, -0.1) is 10.2 Å². The third-order valence-corrected chi connectivity index (χ3v) is 7.63. The van der Waals surface area contributed by atoms with E-state index in [-0.39, 0.29) is 33.6 Å². The molecular weight excluding hydrogens is 761 g/mol. The lowest BCUT2D eigenvalue weighted by Gasteiger charge is -2.07. The lowest BCUT2D eigenvalue weighted by Crippen LogP contribution is -2.16. The summed E-state index contributed by atoms with van der Waals surface area (Å²) in [5.41, 5.74) is 1.34. The Kier molecular flexibility index (Phi) is 11.6. The molecule has 50 heavy (non-hydrogen) atoms. The maximum Gasteiger partial charge on any atom is 0.335 e. The molecule has 12 nitrogen and oxygen atoms in total. The molecule has 0 spiro atoms. The monoisotopic (exact) mass is 782 g/mol. The van der Waals surface area contributed by atoms with Crippen molar-refractivity contribution in [2.45, 2.75) is 13.1 Å². The molecule has 0 radical (unpaired) electrons. The van der Waals surface area contributed by atoms with E-state index in [1.165, 1.54) is 34.2 Å². The number of anilines is 2. The van der Waals surface area contributed by atoms with Crippen LogP contribution in [0.5, 0.6) is 0 Å². The normalized spacial score (nSPS) is 10.6. The summed E-state index contributed by atoms with van der Waals surface area (Å²) in [7, 11) is 0. The Morgan fingerprint density at radius 1 is 0.700 bits per heavy atom. The van der Waals surface area contributed by atoms with E-state index in [9.17, 15) is 23.2 Å². The van der Waals surface area contributed by atoms with Crippen molar-refractivity contribution < 1.29 is 28.3 Å². The van der Waals surface area contributed by atoms with Gasteiger partial charge in [0, 0.05) is 4.47 Å². The van der Waals surface area contributed by atoms with Gasteiger partial charge in [-0.3, -0.25) is 9.59 Å². The first-order valence-corrected chi connectivity index (χ1v) is 15.9. The smallest absolute Gasteiger partial charge is 0.335 e. The lowest BCUT2D eigenvalue weighted by molar-refractivity contribution is 0.0696. The second-order valence-corrected chi connectivity index (χ2v) is 12.0. The molecule has 17 heteroatoms. The summed E-state index contributed by atoms with van der Waals surface area (Å²) < 4.78 is 31.5. The summed E-state index contributed by atoms with van der Waals surface area (Å²) in [6.45, 7) is 0.897. The molecule has 254 valence electrons. The van der Waals surface area contributed by atoms with Crippen molar-refractivity contribution in [3.63, 3.8) is 0 Å². The van der Waals surface area contributed by atoms with E-state index >= 15 is 0 Å². The van der Waals surface area contributed by atoms with E-state index in [1.54, 1.807) is 0 Å². The van der Waals surface area contributed by atoms with Gasteiger partial charge in [-0.1, -0.05) is 99.8 Å². The van der Waals surface area contributed by atoms with Crippen LogP contribution in [0.15, 0.2) is 102 Å². The fourth-order valence-electron chi connectivity index (χ4n) is 4.30. The fraction of sp³-hybridized carbons (Fsp3) is 0.0606. The van der Waals surface area contributed by atoms with Crippen LogP contribution in [0, 0.1) is 11.6 Å². The number of hydrogen-bond donors (Lipinski definition) is 3. The fourth-order valence-corrected chi connectivity index (χ4v) is 5.33. The van der Waals surface area contributed by atoms with Crippen molar-refractivity contribution in [1.82, 2.24) is 29.5 Å². The molecule has 3 N–H and O–H groups in total. The molecule has 0 aliphatic carbocycles. The Labute approximate surface area is 300 Å². The number of amides is 2. The zero-order valence-electron chi connectivity index (χ0n) is 25.4. The molecule has 0 aliphatic rings. The predicted octanol–water partition coefficient (Wildman–Crippen LogP) is 7.20. The van der Waals surface area contributed by atoms with E-state index in [4.69, 9.17) is 28.3 Å². The van der Waals surface area contributed by atoms with Crippen molar-refractivity contribution in [1.29, 1.82) is 0 Å². The Hall–Kier alpha value is -5.51. The van der Waals surface area contributed by atoms with Gasteiger partial charge in [-0.2, -0.15) is 0 Å². The Morgan fingerprint density at radius 2 is 1.14 bits per heavy atom. The Balaban J connectivity index is 0.000000195. The summed E-state index contributed by atoms with van der Waals surface area (Å²) in [6, 6.07) is 23.8. The van der Waals surface area contributed by atoms with Gasteiger partial charge in [0.25, 0.3) is 11.8 Å². The van der Waals surface area contributed by atoms with E-state index < -0.39 is 34.4 Å². The van der Waals surface area contributed by atoms with Gasteiger partial charge in [0.2, 0.25) is 11.6 Å². The van der Waals surface area contributed by atoms with Crippen LogP contribution in [0.2, 0.25) is 10.0 Å². The van der Waals surface area contributed by atoms with Crippen molar-refractivity contribution in [3.05, 3.63) is 152 Å². The number of nitrogens with one attached hydrogen (secondary N) is 2. The number of carboxylic acid groups (broad SMARTS) is 1. The molecule has 2 amide bonds. The van der Waals surface area contributed by atoms with E-state index in [0.29, 0.717) is 17.6 Å². The molecule has 0 saturated carbocycles. The predicted molar refractivity (Wildman–Crippen MR) is 185 cm³/mol. The van der Waals surface area contributed by atoms with E-state index in [0.717, 1.165) is 23.3 Å². The number of carboxylic acids is 1. The van der Waals surface area contributed by atoms with Crippen LogP contribution in [-0.4, -0.2) is 52.4 Å². The molecule has 4 aromatic carbocycles. The molecule has 0 bridgehead atoms. The highest BCUT2D eigenvalue weighted by atomic mass is 79.9. The van der Waals surface area contributed by atoms with Crippen LogP contribution in [0.4, 0.5) is 20.2 Å². The zero-order valence-corrected chi connectivity index (χ0v) is 28.5. The number of aromatic nitrogens is 6. The summed E-state index contributed by atoms with van der Waals surface area (Å²) in [5.74, 6) is -4.58. The van der Waals surface area contributed by atoms with Crippen molar-refractivity contribution in [2.24, 2.45) is 0 Å². The van der Waals surface area contributed by atoms with Crippen molar-refractivity contribution in [3.8, 4) is 0 Å².